The molecule has 0 spiro atoms. The van der Waals surface area contributed by atoms with E-state index in [4.69, 9.17) is 0 Å². The molecule has 102 valence electrons. The summed E-state index contributed by atoms with van der Waals surface area (Å²) >= 11 is 0. The maximum atomic E-state index is 13.1. The topological polar surface area (TPSA) is 49.3 Å². The van der Waals surface area contributed by atoms with Crippen LogP contribution in [0.4, 0.5) is 4.39 Å². The molecule has 2 bridgehead atoms. The number of aliphatic carboxylic acids is 1. The summed E-state index contributed by atoms with van der Waals surface area (Å²) in [6, 6.07) is 6.50. The zero-order chi connectivity index (χ0) is 13.4. The van der Waals surface area contributed by atoms with E-state index in [2.05, 4.69) is 5.32 Å². The first-order chi connectivity index (χ1) is 9.15. The van der Waals surface area contributed by atoms with Crippen LogP contribution in [0.1, 0.15) is 24.8 Å². The van der Waals surface area contributed by atoms with E-state index in [1.165, 1.54) is 12.1 Å². The number of carbonyl (C=O) groups is 1. The Morgan fingerprint density at radius 3 is 2.89 bits per heavy atom. The molecule has 2 fully saturated rings. The number of benzene rings is 1. The number of hydrogen-bond acceptors (Lipinski definition) is 2. The molecule has 0 heterocycles. The molecule has 3 nitrogen and oxygen atoms in total. The summed E-state index contributed by atoms with van der Waals surface area (Å²) in [5.41, 5.74) is 0.868. The molecule has 0 amide bonds. The predicted octanol–water partition coefficient (Wildman–Crippen LogP) is 2.41. The summed E-state index contributed by atoms with van der Waals surface area (Å²) in [4.78, 5) is 11.4. The zero-order valence-corrected chi connectivity index (χ0v) is 10.7. The minimum absolute atomic E-state index is 0.0412. The van der Waals surface area contributed by atoms with E-state index in [9.17, 15) is 14.3 Å². The standard InChI is InChI=1S/C15H18FNO2/c16-12-3-1-2-9(6-12)8-17-14-11-5-4-10(7-11)13(14)15(18)19/h1-3,6,10-11,13-14,17H,4-5,7-8H2,(H,18,19). The molecule has 2 aliphatic carbocycles. The van der Waals surface area contributed by atoms with Crippen molar-refractivity contribution in [2.75, 3.05) is 0 Å². The van der Waals surface area contributed by atoms with Crippen molar-refractivity contribution >= 4 is 5.97 Å². The van der Waals surface area contributed by atoms with Crippen LogP contribution in [0.2, 0.25) is 0 Å². The molecule has 4 heteroatoms. The molecule has 19 heavy (non-hydrogen) atoms. The number of nitrogens with one attached hydrogen (secondary N) is 1. The monoisotopic (exact) mass is 263 g/mol. The Labute approximate surface area is 111 Å². The molecule has 0 aromatic heterocycles. The molecule has 2 aliphatic rings. The van der Waals surface area contributed by atoms with E-state index in [-0.39, 0.29) is 17.8 Å². The Hall–Kier alpha value is -1.42. The largest absolute Gasteiger partial charge is 0.481 e. The van der Waals surface area contributed by atoms with Crippen molar-refractivity contribution in [3.05, 3.63) is 35.6 Å². The fourth-order valence-corrected chi connectivity index (χ4v) is 3.82. The predicted molar refractivity (Wildman–Crippen MR) is 69.0 cm³/mol. The summed E-state index contributed by atoms with van der Waals surface area (Å²) in [6.07, 6.45) is 3.19. The van der Waals surface area contributed by atoms with Gasteiger partial charge in [0, 0.05) is 12.6 Å². The Morgan fingerprint density at radius 2 is 2.16 bits per heavy atom. The first kappa shape index (κ1) is 12.6. The first-order valence-electron chi connectivity index (χ1n) is 6.86. The highest BCUT2D eigenvalue weighted by atomic mass is 19.1. The lowest BCUT2D eigenvalue weighted by atomic mass is 9.84. The van der Waals surface area contributed by atoms with Crippen molar-refractivity contribution in [1.29, 1.82) is 0 Å². The van der Waals surface area contributed by atoms with Crippen molar-refractivity contribution in [1.82, 2.24) is 5.32 Å². The molecule has 0 aliphatic heterocycles. The van der Waals surface area contributed by atoms with Gasteiger partial charge in [0.2, 0.25) is 0 Å². The van der Waals surface area contributed by atoms with Gasteiger partial charge in [-0.2, -0.15) is 0 Å². The van der Waals surface area contributed by atoms with Gasteiger partial charge in [0.15, 0.2) is 0 Å². The third-order valence-electron chi connectivity index (χ3n) is 4.63. The lowest BCUT2D eigenvalue weighted by Gasteiger charge is -2.29. The Balaban J connectivity index is 1.67. The molecule has 3 rings (SSSR count). The van der Waals surface area contributed by atoms with Gasteiger partial charge >= 0.3 is 5.97 Å². The van der Waals surface area contributed by atoms with Crippen LogP contribution in [0, 0.1) is 23.6 Å². The molecule has 2 N–H and O–H groups in total. The van der Waals surface area contributed by atoms with Gasteiger partial charge in [-0.1, -0.05) is 12.1 Å². The maximum Gasteiger partial charge on any atom is 0.308 e. The second kappa shape index (κ2) is 4.93. The molecule has 4 atom stereocenters. The molecular weight excluding hydrogens is 245 g/mol. The van der Waals surface area contributed by atoms with Crippen LogP contribution >= 0.6 is 0 Å². The van der Waals surface area contributed by atoms with Crippen LogP contribution in [0.5, 0.6) is 0 Å². The van der Waals surface area contributed by atoms with Gasteiger partial charge in [-0.3, -0.25) is 4.79 Å². The van der Waals surface area contributed by atoms with Gasteiger partial charge in [-0.15, -0.1) is 0 Å². The third-order valence-corrected chi connectivity index (χ3v) is 4.63. The molecule has 0 saturated heterocycles. The van der Waals surface area contributed by atoms with E-state index in [0.29, 0.717) is 18.4 Å². The van der Waals surface area contributed by atoms with E-state index in [1.54, 1.807) is 6.07 Å². The van der Waals surface area contributed by atoms with Crippen LogP contribution in [-0.4, -0.2) is 17.1 Å². The highest BCUT2D eigenvalue weighted by Crippen LogP contribution is 2.48. The van der Waals surface area contributed by atoms with Crippen molar-refractivity contribution < 1.29 is 14.3 Å². The van der Waals surface area contributed by atoms with E-state index in [1.807, 2.05) is 6.07 Å². The Morgan fingerprint density at radius 1 is 1.37 bits per heavy atom. The fraction of sp³-hybridized carbons (Fsp3) is 0.533. The molecule has 1 aromatic carbocycles. The SMILES string of the molecule is O=C(O)C1C2CCC(C2)C1NCc1cccc(F)c1. The Bertz CT molecular complexity index is 491. The van der Waals surface area contributed by atoms with Gasteiger partial charge in [-0.05, 0) is 48.8 Å². The quantitative estimate of drug-likeness (QED) is 0.877. The number of hydrogen-bond donors (Lipinski definition) is 2. The maximum absolute atomic E-state index is 13.1. The lowest BCUT2D eigenvalue weighted by molar-refractivity contribution is -0.144. The summed E-state index contributed by atoms with van der Waals surface area (Å²) in [5.74, 6) is -0.412. The summed E-state index contributed by atoms with van der Waals surface area (Å²) in [7, 11) is 0. The van der Waals surface area contributed by atoms with Gasteiger partial charge < -0.3 is 10.4 Å². The summed E-state index contributed by atoms with van der Waals surface area (Å²) in [6.45, 7) is 0.537. The smallest absolute Gasteiger partial charge is 0.308 e. The molecular formula is C15H18FNO2. The number of carboxylic acid groups (broad SMARTS) is 1. The van der Waals surface area contributed by atoms with Gasteiger partial charge in [0.25, 0.3) is 0 Å². The van der Waals surface area contributed by atoms with E-state index < -0.39 is 5.97 Å². The van der Waals surface area contributed by atoms with Gasteiger partial charge in [-0.25, -0.2) is 4.39 Å². The lowest BCUT2D eigenvalue weighted by Crippen LogP contribution is -2.43. The molecule has 2 saturated carbocycles. The summed E-state index contributed by atoms with van der Waals surface area (Å²) < 4.78 is 13.1. The molecule has 4 unspecified atom stereocenters. The third kappa shape index (κ3) is 2.37. The van der Waals surface area contributed by atoms with Crippen LogP contribution in [0.3, 0.4) is 0 Å². The normalized spacial score (nSPS) is 32.7. The zero-order valence-electron chi connectivity index (χ0n) is 10.7. The highest BCUT2D eigenvalue weighted by molar-refractivity contribution is 5.72. The average Bonchev–Trinajstić information content (AvgIpc) is 2.96. The van der Waals surface area contributed by atoms with Crippen molar-refractivity contribution in [3.63, 3.8) is 0 Å². The molecule has 1 aromatic rings. The van der Waals surface area contributed by atoms with E-state index in [0.717, 1.165) is 24.8 Å². The number of carboxylic acids is 1. The van der Waals surface area contributed by atoms with Gasteiger partial charge in [0.05, 0.1) is 5.92 Å². The number of halogens is 1. The summed E-state index contributed by atoms with van der Waals surface area (Å²) in [5, 5.41) is 12.7. The number of rotatable bonds is 4. The first-order valence-corrected chi connectivity index (χ1v) is 6.86. The van der Waals surface area contributed by atoms with Crippen molar-refractivity contribution in [3.8, 4) is 0 Å². The molecule has 0 radical (unpaired) electrons. The van der Waals surface area contributed by atoms with Crippen LogP contribution in [-0.2, 0) is 11.3 Å². The van der Waals surface area contributed by atoms with Crippen LogP contribution in [0.25, 0.3) is 0 Å². The minimum Gasteiger partial charge on any atom is -0.481 e. The second-order valence-corrected chi connectivity index (χ2v) is 5.73. The highest BCUT2D eigenvalue weighted by Gasteiger charge is 2.50. The van der Waals surface area contributed by atoms with Crippen LogP contribution in [0.15, 0.2) is 24.3 Å². The van der Waals surface area contributed by atoms with Crippen molar-refractivity contribution in [2.24, 2.45) is 17.8 Å². The van der Waals surface area contributed by atoms with Crippen molar-refractivity contribution in [2.45, 2.75) is 31.8 Å². The number of fused-ring (bicyclic) bond motifs is 2. The Kier molecular flexibility index (Phi) is 3.27. The fourth-order valence-electron chi connectivity index (χ4n) is 3.82. The minimum atomic E-state index is -0.691. The second-order valence-electron chi connectivity index (χ2n) is 5.73. The van der Waals surface area contributed by atoms with E-state index >= 15 is 0 Å². The van der Waals surface area contributed by atoms with Gasteiger partial charge in [0.1, 0.15) is 5.82 Å². The average molecular weight is 263 g/mol. The van der Waals surface area contributed by atoms with Crippen LogP contribution < -0.4 is 5.32 Å².